The molecule has 2 heterocycles. The first kappa shape index (κ1) is 12.8. The second kappa shape index (κ2) is 5.03. The van der Waals surface area contributed by atoms with Gasteiger partial charge < -0.3 is 4.90 Å². The highest BCUT2D eigenvalue weighted by atomic mass is 79.9. The SMILES string of the molecule is CC1CN2CCCC2CN1c1ccc(Cl)c(Br)c1. The normalized spacial score (nSPS) is 28.5. The van der Waals surface area contributed by atoms with Crippen LogP contribution >= 0.6 is 27.5 Å². The number of piperazine rings is 1. The van der Waals surface area contributed by atoms with Crippen molar-refractivity contribution in [3.05, 3.63) is 27.7 Å². The van der Waals surface area contributed by atoms with Crippen molar-refractivity contribution in [1.82, 2.24) is 4.90 Å². The monoisotopic (exact) mass is 328 g/mol. The average Bonchev–Trinajstić information content (AvgIpc) is 2.79. The highest BCUT2D eigenvalue weighted by Gasteiger charge is 2.34. The Balaban J connectivity index is 1.84. The van der Waals surface area contributed by atoms with E-state index >= 15 is 0 Å². The van der Waals surface area contributed by atoms with Gasteiger partial charge in [-0.3, -0.25) is 4.90 Å². The fourth-order valence-electron chi connectivity index (χ4n) is 3.21. The van der Waals surface area contributed by atoms with Crippen LogP contribution in [0, 0.1) is 0 Å². The number of nitrogens with zero attached hydrogens (tertiary/aromatic N) is 2. The van der Waals surface area contributed by atoms with Crippen LogP contribution in [0.2, 0.25) is 5.02 Å². The van der Waals surface area contributed by atoms with Crippen molar-refractivity contribution < 1.29 is 0 Å². The molecule has 2 nitrogen and oxygen atoms in total. The molecule has 0 aromatic heterocycles. The number of fused-ring (bicyclic) bond motifs is 1. The average molecular weight is 330 g/mol. The van der Waals surface area contributed by atoms with E-state index in [0.717, 1.165) is 22.1 Å². The summed E-state index contributed by atoms with van der Waals surface area (Å²) in [5.41, 5.74) is 1.28. The lowest BCUT2D eigenvalue weighted by atomic mass is 10.1. The molecule has 98 valence electrons. The number of benzene rings is 1. The van der Waals surface area contributed by atoms with E-state index in [1.807, 2.05) is 6.07 Å². The smallest absolute Gasteiger partial charge is 0.0549 e. The second-order valence-electron chi connectivity index (χ2n) is 5.39. The van der Waals surface area contributed by atoms with Crippen molar-refractivity contribution in [3.8, 4) is 0 Å². The first-order valence-corrected chi connectivity index (χ1v) is 7.78. The Morgan fingerprint density at radius 2 is 2.17 bits per heavy atom. The Morgan fingerprint density at radius 1 is 1.33 bits per heavy atom. The molecule has 4 heteroatoms. The molecule has 2 fully saturated rings. The molecule has 2 aliphatic rings. The van der Waals surface area contributed by atoms with Crippen LogP contribution in [0.25, 0.3) is 0 Å². The lowest BCUT2D eigenvalue weighted by molar-refractivity contribution is 0.203. The Morgan fingerprint density at radius 3 is 2.94 bits per heavy atom. The van der Waals surface area contributed by atoms with Gasteiger partial charge in [0.25, 0.3) is 0 Å². The number of hydrogen-bond acceptors (Lipinski definition) is 2. The summed E-state index contributed by atoms with van der Waals surface area (Å²) >= 11 is 9.59. The molecule has 1 aromatic rings. The second-order valence-corrected chi connectivity index (χ2v) is 6.65. The van der Waals surface area contributed by atoms with Crippen LogP contribution in [0.5, 0.6) is 0 Å². The van der Waals surface area contributed by atoms with Crippen LogP contribution in [-0.4, -0.2) is 36.6 Å². The van der Waals surface area contributed by atoms with Gasteiger partial charge in [0.05, 0.1) is 5.02 Å². The van der Waals surface area contributed by atoms with Crippen molar-refractivity contribution >= 4 is 33.2 Å². The molecule has 0 N–H and O–H groups in total. The van der Waals surface area contributed by atoms with E-state index in [0.29, 0.717) is 6.04 Å². The summed E-state index contributed by atoms with van der Waals surface area (Å²) in [5, 5.41) is 0.783. The van der Waals surface area contributed by atoms with Gasteiger partial charge in [-0.1, -0.05) is 11.6 Å². The third-order valence-corrected chi connectivity index (χ3v) is 5.39. The standard InChI is InChI=1S/C14H18BrClN2/c1-10-8-17-6-2-3-12(17)9-18(10)11-4-5-14(16)13(15)7-11/h4-5,7,10,12H,2-3,6,8-9H2,1H3. The van der Waals surface area contributed by atoms with E-state index in [1.54, 1.807) is 0 Å². The first-order chi connectivity index (χ1) is 8.65. The third-order valence-electron chi connectivity index (χ3n) is 4.17. The lowest BCUT2D eigenvalue weighted by Crippen LogP contribution is -2.55. The fraction of sp³-hybridized carbons (Fsp3) is 0.571. The van der Waals surface area contributed by atoms with Gasteiger partial charge in [-0.25, -0.2) is 0 Å². The molecule has 0 bridgehead atoms. The van der Waals surface area contributed by atoms with E-state index < -0.39 is 0 Å². The predicted octanol–water partition coefficient (Wildman–Crippen LogP) is 3.78. The predicted molar refractivity (Wildman–Crippen MR) is 80.6 cm³/mol. The zero-order valence-electron chi connectivity index (χ0n) is 10.6. The number of anilines is 1. The zero-order chi connectivity index (χ0) is 12.7. The maximum Gasteiger partial charge on any atom is 0.0549 e. The molecule has 0 aliphatic carbocycles. The van der Waals surface area contributed by atoms with Crippen molar-refractivity contribution in [2.45, 2.75) is 31.8 Å². The topological polar surface area (TPSA) is 6.48 Å². The molecule has 2 saturated heterocycles. The van der Waals surface area contributed by atoms with Gasteiger partial charge in [-0.15, -0.1) is 0 Å². The summed E-state index contributed by atoms with van der Waals surface area (Å²) < 4.78 is 0.989. The summed E-state index contributed by atoms with van der Waals surface area (Å²) in [7, 11) is 0. The first-order valence-electron chi connectivity index (χ1n) is 6.61. The van der Waals surface area contributed by atoms with Crippen molar-refractivity contribution in [1.29, 1.82) is 0 Å². The highest BCUT2D eigenvalue weighted by molar-refractivity contribution is 9.10. The van der Waals surface area contributed by atoms with E-state index in [-0.39, 0.29) is 0 Å². The maximum absolute atomic E-state index is 6.07. The fourth-order valence-corrected chi connectivity index (χ4v) is 3.70. The lowest BCUT2D eigenvalue weighted by Gasteiger charge is -2.43. The number of halogens is 2. The molecule has 18 heavy (non-hydrogen) atoms. The minimum absolute atomic E-state index is 0.576. The quantitative estimate of drug-likeness (QED) is 0.774. The van der Waals surface area contributed by atoms with Crippen LogP contribution in [0.3, 0.4) is 0 Å². The van der Waals surface area contributed by atoms with Crippen LogP contribution in [0.15, 0.2) is 22.7 Å². The Bertz CT molecular complexity index is 451. The molecular formula is C14H18BrClN2. The summed E-state index contributed by atoms with van der Waals surface area (Å²) in [6, 6.07) is 7.58. The Hall–Kier alpha value is -0.250. The minimum atomic E-state index is 0.576. The van der Waals surface area contributed by atoms with E-state index in [1.165, 1.54) is 31.6 Å². The van der Waals surface area contributed by atoms with Crippen LogP contribution in [0.1, 0.15) is 19.8 Å². The number of hydrogen-bond donors (Lipinski definition) is 0. The van der Waals surface area contributed by atoms with Crippen LogP contribution in [0.4, 0.5) is 5.69 Å². The van der Waals surface area contributed by atoms with Gasteiger partial charge in [-0.2, -0.15) is 0 Å². The van der Waals surface area contributed by atoms with Gasteiger partial charge in [0.15, 0.2) is 0 Å². The maximum atomic E-state index is 6.07. The molecule has 2 unspecified atom stereocenters. The molecular weight excluding hydrogens is 312 g/mol. The third kappa shape index (κ3) is 2.28. The molecule has 0 amide bonds. The van der Waals surface area contributed by atoms with Gasteiger partial charge in [0, 0.05) is 35.3 Å². The summed E-state index contributed by atoms with van der Waals surface area (Å²) in [5.74, 6) is 0. The zero-order valence-corrected chi connectivity index (χ0v) is 12.9. The van der Waals surface area contributed by atoms with Gasteiger partial charge in [0.1, 0.15) is 0 Å². The van der Waals surface area contributed by atoms with E-state index in [9.17, 15) is 0 Å². The van der Waals surface area contributed by atoms with E-state index in [4.69, 9.17) is 11.6 Å². The van der Waals surface area contributed by atoms with Crippen LogP contribution < -0.4 is 4.90 Å². The van der Waals surface area contributed by atoms with Gasteiger partial charge in [0.2, 0.25) is 0 Å². The molecule has 0 spiro atoms. The molecule has 1 aromatic carbocycles. The van der Waals surface area contributed by atoms with Crippen molar-refractivity contribution in [2.24, 2.45) is 0 Å². The summed E-state index contributed by atoms with van der Waals surface area (Å²) in [4.78, 5) is 5.17. The molecule has 0 radical (unpaired) electrons. The molecule has 0 saturated carbocycles. The summed E-state index contributed by atoms with van der Waals surface area (Å²) in [6.45, 7) is 5.93. The van der Waals surface area contributed by atoms with Gasteiger partial charge >= 0.3 is 0 Å². The van der Waals surface area contributed by atoms with Gasteiger partial charge in [-0.05, 0) is 60.4 Å². The Labute approximate surface area is 122 Å². The molecule has 2 atom stereocenters. The summed E-state index contributed by atoms with van der Waals surface area (Å²) in [6.07, 6.45) is 2.70. The minimum Gasteiger partial charge on any atom is -0.366 e. The van der Waals surface area contributed by atoms with Crippen LogP contribution in [-0.2, 0) is 0 Å². The highest BCUT2D eigenvalue weighted by Crippen LogP contribution is 2.32. The number of rotatable bonds is 1. The van der Waals surface area contributed by atoms with Crippen molar-refractivity contribution in [3.63, 3.8) is 0 Å². The Kier molecular flexibility index (Phi) is 3.57. The molecule has 3 rings (SSSR count). The molecule has 2 aliphatic heterocycles. The largest absolute Gasteiger partial charge is 0.366 e. The van der Waals surface area contributed by atoms with E-state index in [2.05, 4.69) is 44.8 Å². The van der Waals surface area contributed by atoms with Crippen molar-refractivity contribution in [2.75, 3.05) is 24.5 Å².